The summed E-state index contributed by atoms with van der Waals surface area (Å²) in [5.74, 6) is 0.0637. The SMILES string of the molecule is CC.CC(C)(C)OC(=O)N1CCN(C(=O)CBr)CC1. The summed E-state index contributed by atoms with van der Waals surface area (Å²) in [7, 11) is 0. The van der Waals surface area contributed by atoms with Gasteiger partial charge in [-0.05, 0) is 20.8 Å². The highest BCUT2D eigenvalue weighted by Gasteiger charge is 2.27. The number of halogens is 1. The van der Waals surface area contributed by atoms with Crippen LogP contribution in [0.5, 0.6) is 0 Å². The van der Waals surface area contributed by atoms with Gasteiger partial charge in [0.05, 0.1) is 5.33 Å². The molecule has 2 amide bonds. The van der Waals surface area contributed by atoms with Crippen LogP contribution in [0.1, 0.15) is 34.6 Å². The Kier molecular flexibility index (Phi) is 8.06. The van der Waals surface area contributed by atoms with E-state index in [9.17, 15) is 9.59 Å². The number of carbonyl (C=O) groups excluding carboxylic acids is 2. The molecule has 0 aliphatic carbocycles. The Bertz CT molecular complexity index is 295. The highest BCUT2D eigenvalue weighted by Crippen LogP contribution is 2.12. The summed E-state index contributed by atoms with van der Waals surface area (Å²) < 4.78 is 5.27. The third kappa shape index (κ3) is 6.80. The molecule has 0 aromatic carbocycles. The van der Waals surface area contributed by atoms with Crippen molar-refractivity contribution in [3.8, 4) is 0 Å². The fraction of sp³-hybridized carbons (Fsp3) is 0.846. The highest BCUT2D eigenvalue weighted by atomic mass is 79.9. The summed E-state index contributed by atoms with van der Waals surface area (Å²) in [4.78, 5) is 26.6. The Hall–Kier alpha value is -0.780. The lowest BCUT2D eigenvalue weighted by Gasteiger charge is -2.35. The first-order valence-electron chi connectivity index (χ1n) is 6.65. The molecule has 1 rings (SSSR count). The van der Waals surface area contributed by atoms with E-state index in [1.807, 2.05) is 34.6 Å². The lowest BCUT2D eigenvalue weighted by molar-refractivity contribution is -0.129. The minimum atomic E-state index is -0.472. The van der Waals surface area contributed by atoms with Gasteiger partial charge in [0, 0.05) is 26.2 Å². The lowest BCUT2D eigenvalue weighted by atomic mass is 10.2. The van der Waals surface area contributed by atoms with Crippen molar-refractivity contribution in [1.29, 1.82) is 0 Å². The fourth-order valence-corrected chi connectivity index (χ4v) is 1.90. The molecule has 1 saturated heterocycles. The van der Waals surface area contributed by atoms with Crippen molar-refractivity contribution in [2.24, 2.45) is 0 Å². The Labute approximate surface area is 124 Å². The van der Waals surface area contributed by atoms with Crippen LogP contribution in [0.15, 0.2) is 0 Å². The molecule has 0 saturated carbocycles. The molecule has 0 bridgehead atoms. The molecule has 1 aliphatic rings. The van der Waals surface area contributed by atoms with Crippen molar-refractivity contribution in [1.82, 2.24) is 9.80 Å². The molecule has 1 heterocycles. The van der Waals surface area contributed by atoms with Crippen molar-refractivity contribution in [3.05, 3.63) is 0 Å². The third-order valence-electron chi connectivity index (χ3n) is 2.40. The first kappa shape index (κ1) is 18.2. The van der Waals surface area contributed by atoms with E-state index in [4.69, 9.17) is 4.74 Å². The number of nitrogens with zero attached hydrogens (tertiary/aromatic N) is 2. The molecule has 112 valence electrons. The van der Waals surface area contributed by atoms with Crippen LogP contribution >= 0.6 is 15.9 Å². The highest BCUT2D eigenvalue weighted by molar-refractivity contribution is 9.09. The van der Waals surface area contributed by atoms with E-state index >= 15 is 0 Å². The monoisotopic (exact) mass is 336 g/mol. The fourth-order valence-electron chi connectivity index (χ4n) is 1.55. The van der Waals surface area contributed by atoms with Gasteiger partial charge in [-0.1, -0.05) is 29.8 Å². The molecule has 0 N–H and O–H groups in total. The maximum absolute atomic E-state index is 11.8. The quantitative estimate of drug-likeness (QED) is 0.691. The summed E-state index contributed by atoms with van der Waals surface area (Å²) in [6, 6.07) is 0. The lowest BCUT2D eigenvalue weighted by Crippen LogP contribution is -2.51. The molecule has 0 atom stereocenters. The Morgan fingerprint density at radius 2 is 1.47 bits per heavy atom. The minimum Gasteiger partial charge on any atom is -0.444 e. The van der Waals surface area contributed by atoms with Gasteiger partial charge in [-0.2, -0.15) is 0 Å². The van der Waals surface area contributed by atoms with Crippen molar-refractivity contribution in [3.63, 3.8) is 0 Å². The number of alkyl halides is 1. The van der Waals surface area contributed by atoms with E-state index in [-0.39, 0.29) is 12.0 Å². The van der Waals surface area contributed by atoms with Crippen LogP contribution in [-0.2, 0) is 9.53 Å². The molecule has 0 spiro atoms. The summed E-state index contributed by atoms with van der Waals surface area (Å²) >= 11 is 3.14. The van der Waals surface area contributed by atoms with Crippen molar-refractivity contribution < 1.29 is 14.3 Å². The topological polar surface area (TPSA) is 49.9 Å². The van der Waals surface area contributed by atoms with Crippen LogP contribution in [0.25, 0.3) is 0 Å². The van der Waals surface area contributed by atoms with Gasteiger partial charge in [0.1, 0.15) is 5.60 Å². The number of amides is 2. The van der Waals surface area contributed by atoms with E-state index in [0.29, 0.717) is 31.5 Å². The second-order valence-electron chi connectivity index (χ2n) is 4.98. The average molecular weight is 337 g/mol. The Morgan fingerprint density at radius 3 is 1.84 bits per heavy atom. The van der Waals surface area contributed by atoms with E-state index in [0.717, 1.165) is 0 Å². The van der Waals surface area contributed by atoms with E-state index in [1.165, 1.54) is 0 Å². The predicted octanol–water partition coefficient (Wildman–Crippen LogP) is 2.49. The van der Waals surface area contributed by atoms with Crippen LogP contribution in [0, 0.1) is 0 Å². The van der Waals surface area contributed by atoms with Crippen LogP contribution in [0.2, 0.25) is 0 Å². The predicted molar refractivity (Wildman–Crippen MR) is 79.5 cm³/mol. The minimum absolute atomic E-state index is 0.0637. The molecular weight excluding hydrogens is 312 g/mol. The van der Waals surface area contributed by atoms with E-state index in [1.54, 1.807) is 9.80 Å². The first-order chi connectivity index (χ1) is 8.83. The standard InChI is InChI=1S/C11H19BrN2O3.C2H6/c1-11(2,3)17-10(16)14-6-4-13(5-7-14)9(15)8-12;1-2/h4-8H2,1-3H3;1-2H3. The van der Waals surface area contributed by atoms with Crippen molar-refractivity contribution in [2.75, 3.05) is 31.5 Å². The summed E-state index contributed by atoms with van der Waals surface area (Å²) in [5.41, 5.74) is -0.472. The molecule has 0 radical (unpaired) electrons. The summed E-state index contributed by atoms with van der Waals surface area (Å²) in [6.07, 6.45) is -0.302. The van der Waals surface area contributed by atoms with Crippen LogP contribution in [0.3, 0.4) is 0 Å². The number of hydrogen-bond donors (Lipinski definition) is 0. The zero-order valence-electron chi connectivity index (χ0n) is 12.5. The maximum atomic E-state index is 11.8. The van der Waals surface area contributed by atoms with Gasteiger partial charge in [0.25, 0.3) is 0 Å². The zero-order valence-corrected chi connectivity index (χ0v) is 14.1. The van der Waals surface area contributed by atoms with Crippen LogP contribution in [0.4, 0.5) is 4.79 Å². The van der Waals surface area contributed by atoms with Gasteiger partial charge < -0.3 is 14.5 Å². The number of carbonyl (C=O) groups is 2. The summed E-state index contributed by atoms with van der Waals surface area (Å²) in [6.45, 7) is 11.7. The second kappa shape index (κ2) is 8.40. The van der Waals surface area contributed by atoms with Crippen LogP contribution in [-0.4, -0.2) is 58.9 Å². The Balaban J connectivity index is 0.00000154. The zero-order chi connectivity index (χ0) is 15.1. The number of piperazine rings is 1. The van der Waals surface area contributed by atoms with Gasteiger partial charge in [0.15, 0.2) is 0 Å². The molecule has 0 aromatic heterocycles. The van der Waals surface area contributed by atoms with Crippen LogP contribution < -0.4 is 0 Å². The van der Waals surface area contributed by atoms with Crippen molar-refractivity contribution in [2.45, 2.75) is 40.2 Å². The van der Waals surface area contributed by atoms with Gasteiger partial charge >= 0.3 is 6.09 Å². The molecule has 5 nitrogen and oxygen atoms in total. The normalized spacial score (nSPS) is 15.5. The summed E-state index contributed by atoms with van der Waals surface area (Å²) in [5, 5.41) is 0.333. The van der Waals surface area contributed by atoms with E-state index in [2.05, 4.69) is 15.9 Å². The van der Waals surface area contributed by atoms with Gasteiger partial charge in [-0.15, -0.1) is 0 Å². The maximum Gasteiger partial charge on any atom is 0.410 e. The molecule has 1 fully saturated rings. The van der Waals surface area contributed by atoms with Gasteiger partial charge in [0.2, 0.25) is 5.91 Å². The van der Waals surface area contributed by atoms with Gasteiger partial charge in [-0.25, -0.2) is 4.79 Å². The number of ether oxygens (including phenoxy) is 1. The molecule has 1 aliphatic heterocycles. The number of rotatable bonds is 1. The van der Waals surface area contributed by atoms with Gasteiger partial charge in [-0.3, -0.25) is 4.79 Å². The molecule has 6 heteroatoms. The first-order valence-corrected chi connectivity index (χ1v) is 7.77. The Morgan fingerprint density at radius 1 is 1.05 bits per heavy atom. The molecule has 19 heavy (non-hydrogen) atoms. The average Bonchev–Trinajstić information content (AvgIpc) is 2.38. The molecular formula is C13H25BrN2O3. The largest absolute Gasteiger partial charge is 0.444 e. The molecule has 0 unspecified atom stereocenters. The van der Waals surface area contributed by atoms with Crippen molar-refractivity contribution >= 4 is 27.9 Å². The smallest absolute Gasteiger partial charge is 0.410 e. The second-order valence-corrected chi connectivity index (χ2v) is 5.54. The number of hydrogen-bond acceptors (Lipinski definition) is 3. The molecule has 0 aromatic rings. The third-order valence-corrected chi connectivity index (χ3v) is 2.88. The van der Waals surface area contributed by atoms with E-state index < -0.39 is 5.60 Å².